The Morgan fingerprint density at radius 3 is 2.00 bits per heavy atom. The topological polar surface area (TPSA) is 3.24 Å². The second-order valence-electron chi connectivity index (χ2n) is 4.72. The second kappa shape index (κ2) is 8.82. The van der Waals surface area contributed by atoms with E-state index in [0.717, 1.165) is 18.8 Å². The zero-order valence-electron chi connectivity index (χ0n) is 11.7. The van der Waals surface area contributed by atoms with E-state index in [0.29, 0.717) is 0 Å². The first-order chi connectivity index (χ1) is 8.09. The lowest BCUT2D eigenvalue weighted by atomic mass is 10.2. The highest BCUT2D eigenvalue weighted by Gasteiger charge is 2.02. The first kappa shape index (κ1) is 16.8. The van der Waals surface area contributed by atoms with E-state index in [1.54, 1.807) is 0 Å². The molecule has 0 saturated heterocycles. The normalized spacial score (nSPS) is 9.11. The molecule has 0 bridgehead atoms. The van der Waals surface area contributed by atoms with E-state index in [9.17, 15) is 0 Å². The van der Waals surface area contributed by atoms with E-state index in [1.807, 2.05) is 12.1 Å². The lowest BCUT2D eigenvalue weighted by Crippen LogP contribution is -2.23. The summed E-state index contributed by atoms with van der Waals surface area (Å²) in [5, 5.41) is 0. The molecule has 0 spiro atoms. The van der Waals surface area contributed by atoms with Gasteiger partial charge in [0.25, 0.3) is 0 Å². The Morgan fingerprint density at radius 2 is 1.61 bits per heavy atom. The molecule has 0 aliphatic rings. The van der Waals surface area contributed by atoms with E-state index in [2.05, 4.69) is 62.9 Å². The molecule has 0 aliphatic carbocycles. The fourth-order valence-electron chi connectivity index (χ4n) is 1.44. The quantitative estimate of drug-likeness (QED) is 0.700. The largest absolute Gasteiger partial charge is 0.364 e. The number of para-hydroxylation sites is 1. The molecular weight excluding hydrogens is 242 g/mol. The second-order valence-corrected chi connectivity index (χ2v) is 4.72. The third kappa shape index (κ3) is 6.51. The molecule has 0 unspecified atom stereocenters. The van der Waals surface area contributed by atoms with Crippen molar-refractivity contribution in [3.8, 4) is 0 Å². The Kier molecular flexibility index (Phi) is 8.23. The number of benzene rings is 1. The zero-order valence-corrected chi connectivity index (χ0v) is 12.6. The molecule has 0 fully saturated rings. The van der Waals surface area contributed by atoms with Crippen molar-refractivity contribution < 1.29 is 0 Å². The lowest BCUT2D eigenvalue weighted by molar-refractivity contribution is 0.940. The summed E-state index contributed by atoms with van der Waals surface area (Å²) in [6.07, 6.45) is 4.50. The minimum absolute atomic E-state index is 0. The van der Waals surface area contributed by atoms with Crippen molar-refractivity contribution in [3.05, 3.63) is 53.6 Å². The number of allylic oxidation sites excluding steroid dienone is 2. The molecule has 0 atom stereocenters. The molecule has 99 valence electrons. The average Bonchev–Trinajstić information content (AvgIpc) is 2.29. The Balaban J connectivity index is 0.00000289. The highest BCUT2D eigenvalue weighted by molar-refractivity contribution is 5.85. The van der Waals surface area contributed by atoms with E-state index >= 15 is 0 Å². The fourth-order valence-corrected chi connectivity index (χ4v) is 1.44. The maximum Gasteiger partial charge on any atom is 0.0452 e. The van der Waals surface area contributed by atoms with Crippen LogP contribution in [-0.4, -0.2) is 13.1 Å². The number of rotatable bonds is 5. The number of hydrogen-bond acceptors (Lipinski definition) is 1. The molecule has 1 aromatic rings. The Labute approximate surface area is 118 Å². The maximum atomic E-state index is 3.28. The molecule has 18 heavy (non-hydrogen) atoms. The first-order valence-corrected chi connectivity index (χ1v) is 6.08. The van der Waals surface area contributed by atoms with Crippen LogP contribution in [0.1, 0.15) is 27.7 Å². The predicted octanol–water partition coefficient (Wildman–Crippen LogP) is 4.65. The third-order valence-electron chi connectivity index (χ3n) is 2.47. The van der Waals surface area contributed by atoms with Crippen LogP contribution in [0.4, 0.5) is 5.69 Å². The van der Waals surface area contributed by atoms with E-state index < -0.39 is 0 Å². The Morgan fingerprint density at radius 1 is 1.06 bits per heavy atom. The van der Waals surface area contributed by atoms with Crippen LogP contribution < -0.4 is 4.90 Å². The lowest BCUT2D eigenvalue weighted by Gasteiger charge is -2.22. The van der Waals surface area contributed by atoms with Gasteiger partial charge in [0.15, 0.2) is 0 Å². The molecule has 1 rings (SSSR count). The van der Waals surface area contributed by atoms with Crippen molar-refractivity contribution in [2.75, 3.05) is 18.0 Å². The van der Waals surface area contributed by atoms with Gasteiger partial charge in [0.1, 0.15) is 0 Å². The van der Waals surface area contributed by atoms with Crippen LogP contribution >= 0.6 is 12.4 Å². The summed E-state index contributed by atoms with van der Waals surface area (Å²) in [4.78, 5) is 2.32. The molecule has 0 aliphatic heterocycles. The van der Waals surface area contributed by atoms with Crippen molar-refractivity contribution in [1.82, 2.24) is 0 Å². The van der Waals surface area contributed by atoms with Gasteiger partial charge < -0.3 is 4.90 Å². The van der Waals surface area contributed by atoms with Crippen LogP contribution in [-0.2, 0) is 0 Å². The fraction of sp³-hybridized carbons (Fsp3) is 0.375. The monoisotopic (exact) mass is 264 g/mol. The summed E-state index contributed by atoms with van der Waals surface area (Å²) in [5.41, 5.74) is 3.86. The molecule has 1 radical (unpaired) electrons. The van der Waals surface area contributed by atoms with Crippen LogP contribution in [0.2, 0.25) is 0 Å². The van der Waals surface area contributed by atoms with Gasteiger partial charge in [-0.15, -0.1) is 12.4 Å². The van der Waals surface area contributed by atoms with Gasteiger partial charge in [-0.2, -0.15) is 0 Å². The van der Waals surface area contributed by atoms with Gasteiger partial charge in [-0.25, -0.2) is 0 Å². The minimum Gasteiger partial charge on any atom is -0.364 e. The summed E-state index contributed by atoms with van der Waals surface area (Å²) in [6.45, 7) is 10.4. The Bertz CT molecular complexity index is 365. The highest BCUT2D eigenvalue weighted by atomic mass is 35.5. The van der Waals surface area contributed by atoms with Crippen LogP contribution in [0.25, 0.3) is 0 Å². The Hall–Kier alpha value is -1.21. The molecule has 0 amide bonds. The predicted molar refractivity (Wildman–Crippen MR) is 83.6 cm³/mol. The van der Waals surface area contributed by atoms with Crippen LogP contribution in [0.5, 0.6) is 0 Å². The van der Waals surface area contributed by atoms with Gasteiger partial charge in [-0.3, -0.25) is 0 Å². The summed E-state index contributed by atoms with van der Waals surface area (Å²) in [5.74, 6) is 0. The number of hydrogen-bond donors (Lipinski definition) is 0. The van der Waals surface area contributed by atoms with Crippen molar-refractivity contribution in [2.45, 2.75) is 27.7 Å². The smallest absolute Gasteiger partial charge is 0.0452 e. The number of anilines is 1. The SMILES string of the molecule is CC(C)=CCN(CC=C(C)C)c1[c]cccc1.Cl. The molecule has 0 heterocycles. The first-order valence-electron chi connectivity index (χ1n) is 6.08. The molecular formula is C16H23ClN. The van der Waals surface area contributed by atoms with Gasteiger partial charge in [0.2, 0.25) is 0 Å². The van der Waals surface area contributed by atoms with Crippen molar-refractivity contribution in [2.24, 2.45) is 0 Å². The molecule has 0 aromatic heterocycles. The van der Waals surface area contributed by atoms with Crippen molar-refractivity contribution >= 4 is 18.1 Å². The third-order valence-corrected chi connectivity index (χ3v) is 2.47. The standard InChI is InChI=1S/C16H22N.ClH/c1-14(2)10-12-17(13-11-15(3)4)16-8-6-5-7-9-16;/h5-8,10-11H,12-13H2,1-4H3;1H. The summed E-state index contributed by atoms with van der Waals surface area (Å²) < 4.78 is 0. The molecule has 2 heteroatoms. The number of halogens is 1. The van der Waals surface area contributed by atoms with Gasteiger partial charge in [-0.1, -0.05) is 41.5 Å². The maximum absolute atomic E-state index is 3.28. The van der Waals surface area contributed by atoms with Crippen LogP contribution in [0.3, 0.4) is 0 Å². The van der Waals surface area contributed by atoms with Gasteiger partial charge in [0.05, 0.1) is 0 Å². The minimum atomic E-state index is 0. The molecule has 0 saturated carbocycles. The van der Waals surface area contributed by atoms with Crippen molar-refractivity contribution in [1.29, 1.82) is 0 Å². The molecule has 1 aromatic carbocycles. The average molecular weight is 265 g/mol. The molecule has 1 nitrogen and oxygen atoms in total. The zero-order chi connectivity index (χ0) is 12.7. The van der Waals surface area contributed by atoms with E-state index in [1.165, 1.54) is 11.1 Å². The van der Waals surface area contributed by atoms with E-state index in [-0.39, 0.29) is 12.4 Å². The van der Waals surface area contributed by atoms with Gasteiger partial charge >= 0.3 is 0 Å². The highest BCUT2D eigenvalue weighted by Crippen LogP contribution is 2.13. The van der Waals surface area contributed by atoms with Crippen LogP contribution in [0.15, 0.2) is 47.6 Å². The van der Waals surface area contributed by atoms with Crippen molar-refractivity contribution in [3.63, 3.8) is 0 Å². The van der Waals surface area contributed by atoms with Crippen LogP contribution in [0, 0.1) is 6.07 Å². The summed E-state index contributed by atoms with van der Waals surface area (Å²) in [7, 11) is 0. The summed E-state index contributed by atoms with van der Waals surface area (Å²) in [6, 6.07) is 11.4. The van der Waals surface area contributed by atoms with E-state index in [4.69, 9.17) is 0 Å². The van der Waals surface area contributed by atoms with Gasteiger partial charge in [-0.05, 0) is 33.8 Å². The summed E-state index contributed by atoms with van der Waals surface area (Å²) >= 11 is 0. The van der Waals surface area contributed by atoms with Gasteiger partial charge in [0, 0.05) is 24.8 Å². The molecule has 0 N–H and O–H groups in total. The number of nitrogens with zero attached hydrogens (tertiary/aromatic N) is 1.